The molecule has 1 aliphatic carbocycles. The highest BCUT2D eigenvalue weighted by atomic mass is 35.5. The number of anilines is 2. The van der Waals surface area contributed by atoms with E-state index in [1.54, 1.807) is 12.1 Å². The van der Waals surface area contributed by atoms with Crippen LogP contribution in [0.1, 0.15) is 42.7 Å². The standard InChI is InChI=1S/C28H33N5O3.ClH/c29-27-22(16-31-28(35)32-20-7-2-1-3-8-20)21(19-6-5-13-30-15-19)14-23(33-27)26-24(34)9-4-10-25(26)36-17-18-11-12-18;/h1-4,7-10,14,18-19,30,34H,5-6,11-13,15-17H2,(H2,29,33)(H2,31,32,35);1H. The molecule has 2 amide bonds. The average Bonchev–Trinajstić information content (AvgIpc) is 3.72. The molecule has 1 saturated heterocycles. The predicted octanol–water partition coefficient (Wildman–Crippen LogP) is 5.04. The minimum atomic E-state index is -0.311. The van der Waals surface area contributed by atoms with E-state index in [0.29, 0.717) is 41.0 Å². The Kier molecular flexibility index (Phi) is 8.74. The number of para-hydroxylation sites is 1. The zero-order valence-electron chi connectivity index (χ0n) is 20.7. The van der Waals surface area contributed by atoms with Crippen LogP contribution >= 0.6 is 12.4 Å². The maximum Gasteiger partial charge on any atom is 0.319 e. The number of carbonyl (C=O) groups excluding carboxylic acids is 1. The number of halogens is 1. The van der Waals surface area contributed by atoms with E-state index in [9.17, 15) is 9.90 Å². The van der Waals surface area contributed by atoms with E-state index in [1.165, 1.54) is 12.8 Å². The molecule has 2 fully saturated rings. The van der Waals surface area contributed by atoms with Crippen LogP contribution in [0.5, 0.6) is 11.5 Å². The Labute approximate surface area is 223 Å². The number of aromatic nitrogens is 1. The molecule has 1 unspecified atom stereocenters. The third-order valence-electron chi connectivity index (χ3n) is 6.82. The molecule has 1 saturated carbocycles. The van der Waals surface area contributed by atoms with Gasteiger partial charge in [-0.15, -0.1) is 12.4 Å². The molecule has 6 N–H and O–H groups in total. The summed E-state index contributed by atoms with van der Waals surface area (Å²) in [5.41, 5.74) is 10.2. The molecule has 196 valence electrons. The van der Waals surface area contributed by atoms with Gasteiger partial charge in [-0.1, -0.05) is 24.3 Å². The Hall–Kier alpha value is -3.49. The number of pyridine rings is 1. The molecule has 0 bridgehead atoms. The molecule has 0 spiro atoms. The molecule has 9 heteroatoms. The van der Waals surface area contributed by atoms with E-state index in [1.807, 2.05) is 42.5 Å². The number of phenols is 1. The van der Waals surface area contributed by atoms with Crippen LogP contribution in [0.2, 0.25) is 0 Å². The largest absolute Gasteiger partial charge is 0.507 e. The van der Waals surface area contributed by atoms with Gasteiger partial charge >= 0.3 is 6.03 Å². The van der Waals surface area contributed by atoms with Crippen LogP contribution in [0, 0.1) is 5.92 Å². The lowest BCUT2D eigenvalue weighted by Crippen LogP contribution is -2.32. The highest BCUT2D eigenvalue weighted by molar-refractivity contribution is 5.89. The number of amides is 2. The Morgan fingerprint density at radius 3 is 2.68 bits per heavy atom. The van der Waals surface area contributed by atoms with Crippen molar-refractivity contribution in [3.05, 3.63) is 65.7 Å². The SMILES string of the molecule is Cl.Nc1nc(-c2c(O)cccc2OCC2CC2)cc(C2CCCNC2)c1CNC(=O)Nc1ccccc1. The Balaban J connectivity index is 0.00000320. The first-order chi connectivity index (χ1) is 17.6. The smallest absolute Gasteiger partial charge is 0.319 e. The molecule has 2 aromatic carbocycles. The molecule has 5 rings (SSSR count). The molecule has 37 heavy (non-hydrogen) atoms. The monoisotopic (exact) mass is 523 g/mol. The lowest BCUT2D eigenvalue weighted by Gasteiger charge is -2.27. The number of piperidine rings is 1. The number of hydrogen-bond acceptors (Lipinski definition) is 6. The quantitative estimate of drug-likeness (QED) is 0.282. The molecule has 2 heterocycles. The fourth-order valence-corrected chi connectivity index (χ4v) is 4.67. The van der Waals surface area contributed by atoms with Crippen LogP contribution in [0.15, 0.2) is 54.6 Å². The maximum absolute atomic E-state index is 12.5. The average molecular weight is 524 g/mol. The van der Waals surface area contributed by atoms with Crippen LogP contribution < -0.4 is 26.4 Å². The van der Waals surface area contributed by atoms with E-state index >= 15 is 0 Å². The van der Waals surface area contributed by atoms with Gasteiger partial charge in [0.05, 0.1) is 17.9 Å². The fraction of sp³-hybridized carbons (Fsp3) is 0.357. The Morgan fingerprint density at radius 1 is 1.14 bits per heavy atom. The van der Waals surface area contributed by atoms with Crippen molar-refractivity contribution in [1.29, 1.82) is 0 Å². The number of ether oxygens (including phenoxy) is 1. The van der Waals surface area contributed by atoms with Gasteiger partial charge in [0.1, 0.15) is 17.3 Å². The molecule has 0 radical (unpaired) electrons. The minimum absolute atomic E-state index is 0. The van der Waals surface area contributed by atoms with Crippen molar-refractivity contribution in [3.8, 4) is 22.8 Å². The van der Waals surface area contributed by atoms with E-state index < -0.39 is 0 Å². The van der Waals surface area contributed by atoms with Gasteiger partial charge in [-0.25, -0.2) is 9.78 Å². The summed E-state index contributed by atoms with van der Waals surface area (Å²) >= 11 is 0. The van der Waals surface area contributed by atoms with Crippen molar-refractivity contribution >= 4 is 29.9 Å². The fourth-order valence-electron chi connectivity index (χ4n) is 4.67. The summed E-state index contributed by atoms with van der Waals surface area (Å²) in [6.07, 6.45) is 4.41. The number of nitrogen functional groups attached to an aromatic ring is 1. The molecule has 3 aromatic rings. The van der Waals surface area contributed by atoms with Crippen molar-refractivity contribution < 1.29 is 14.6 Å². The van der Waals surface area contributed by atoms with Crippen LogP contribution in [0.3, 0.4) is 0 Å². The summed E-state index contributed by atoms with van der Waals surface area (Å²) in [4.78, 5) is 17.2. The van der Waals surface area contributed by atoms with Crippen molar-refractivity contribution in [2.45, 2.75) is 38.1 Å². The first kappa shape index (κ1) is 26.6. The maximum atomic E-state index is 12.5. The first-order valence-electron chi connectivity index (χ1n) is 12.6. The van der Waals surface area contributed by atoms with Gasteiger partial charge in [0.15, 0.2) is 0 Å². The number of benzene rings is 2. The van der Waals surface area contributed by atoms with Crippen LogP contribution in [-0.2, 0) is 6.54 Å². The predicted molar refractivity (Wildman–Crippen MR) is 148 cm³/mol. The van der Waals surface area contributed by atoms with E-state index in [4.69, 9.17) is 10.5 Å². The number of hydrogen-bond donors (Lipinski definition) is 5. The number of nitrogens with two attached hydrogens (primary N) is 1. The number of nitrogens with zero attached hydrogens (tertiary/aromatic N) is 1. The van der Waals surface area contributed by atoms with Crippen molar-refractivity contribution in [3.63, 3.8) is 0 Å². The Morgan fingerprint density at radius 2 is 1.95 bits per heavy atom. The molecule has 1 atom stereocenters. The zero-order valence-corrected chi connectivity index (χ0v) is 21.5. The Bertz CT molecular complexity index is 1210. The highest BCUT2D eigenvalue weighted by Crippen LogP contribution is 2.41. The molecule has 1 aromatic heterocycles. The summed E-state index contributed by atoms with van der Waals surface area (Å²) in [5.74, 6) is 1.85. The van der Waals surface area contributed by atoms with Gasteiger partial charge in [-0.2, -0.15) is 0 Å². The third kappa shape index (κ3) is 6.64. The van der Waals surface area contributed by atoms with Gasteiger partial charge in [-0.05, 0) is 80.0 Å². The third-order valence-corrected chi connectivity index (χ3v) is 6.82. The number of rotatable bonds is 8. The topological polar surface area (TPSA) is 122 Å². The van der Waals surface area contributed by atoms with Gasteiger partial charge in [0, 0.05) is 24.3 Å². The van der Waals surface area contributed by atoms with Gasteiger partial charge < -0.3 is 31.5 Å². The zero-order chi connectivity index (χ0) is 24.9. The molecule has 2 aliphatic rings. The number of aromatic hydroxyl groups is 1. The summed E-state index contributed by atoms with van der Waals surface area (Å²) in [6.45, 7) is 2.67. The number of carbonyl (C=O) groups is 1. The van der Waals surface area contributed by atoms with Crippen molar-refractivity contribution in [1.82, 2.24) is 15.6 Å². The second-order valence-corrected chi connectivity index (χ2v) is 9.58. The molecular weight excluding hydrogens is 490 g/mol. The van der Waals surface area contributed by atoms with Crippen molar-refractivity contribution in [2.24, 2.45) is 5.92 Å². The molecule has 8 nitrogen and oxygen atoms in total. The summed E-state index contributed by atoms with van der Waals surface area (Å²) in [5, 5.41) is 20.0. The van der Waals surface area contributed by atoms with Crippen LogP contribution in [0.4, 0.5) is 16.3 Å². The number of urea groups is 1. The van der Waals surface area contributed by atoms with Crippen molar-refractivity contribution in [2.75, 3.05) is 30.7 Å². The van der Waals surface area contributed by atoms with Crippen LogP contribution in [0.25, 0.3) is 11.3 Å². The van der Waals surface area contributed by atoms with Gasteiger partial charge in [-0.3, -0.25) is 0 Å². The van der Waals surface area contributed by atoms with Gasteiger partial charge in [0.25, 0.3) is 0 Å². The highest BCUT2D eigenvalue weighted by Gasteiger charge is 2.26. The lowest BCUT2D eigenvalue weighted by molar-refractivity contribution is 0.251. The molecular formula is C28H34ClN5O3. The summed E-state index contributed by atoms with van der Waals surface area (Å²) < 4.78 is 6.07. The second kappa shape index (κ2) is 12.2. The molecule has 1 aliphatic heterocycles. The normalized spacial score (nSPS) is 16.9. The van der Waals surface area contributed by atoms with E-state index in [0.717, 1.165) is 37.1 Å². The van der Waals surface area contributed by atoms with E-state index in [-0.39, 0.29) is 36.7 Å². The summed E-state index contributed by atoms with van der Waals surface area (Å²) in [7, 11) is 0. The number of phenolic OH excluding ortho intramolecular Hbond substituents is 1. The first-order valence-corrected chi connectivity index (χ1v) is 12.6. The summed E-state index contributed by atoms with van der Waals surface area (Å²) in [6, 6.07) is 16.3. The van der Waals surface area contributed by atoms with Crippen LogP contribution in [-0.4, -0.2) is 35.8 Å². The minimum Gasteiger partial charge on any atom is -0.507 e. The lowest BCUT2D eigenvalue weighted by atomic mass is 9.87. The van der Waals surface area contributed by atoms with E-state index in [2.05, 4.69) is 20.9 Å². The van der Waals surface area contributed by atoms with Gasteiger partial charge in [0.2, 0.25) is 0 Å². The number of nitrogens with one attached hydrogen (secondary N) is 3. The second-order valence-electron chi connectivity index (χ2n) is 9.58.